The van der Waals surface area contributed by atoms with Gasteiger partial charge in [0.2, 0.25) is 0 Å². The first-order chi connectivity index (χ1) is 11.3. The van der Waals surface area contributed by atoms with E-state index in [0.717, 1.165) is 59.8 Å². The van der Waals surface area contributed by atoms with Crippen LogP contribution in [0.1, 0.15) is 29.7 Å². The lowest BCUT2D eigenvalue weighted by Gasteiger charge is -2.15. The summed E-state index contributed by atoms with van der Waals surface area (Å²) in [6.07, 6.45) is 7.38. The van der Waals surface area contributed by atoms with Crippen LogP contribution in [-0.4, -0.2) is 28.0 Å². The zero-order valence-electron chi connectivity index (χ0n) is 13.0. The number of thioether (sulfide) groups is 1. The zero-order valence-corrected chi connectivity index (χ0v) is 14.7. The predicted molar refractivity (Wildman–Crippen MR) is 95.8 cm³/mol. The third-order valence-corrected chi connectivity index (χ3v) is 6.69. The molecule has 0 spiro atoms. The summed E-state index contributed by atoms with van der Waals surface area (Å²) in [5.74, 6) is 0.758. The average Bonchev–Trinajstić information content (AvgIpc) is 3.24. The number of aromatic nitrogens is 2. The fourth-order valence-corrected chi connectivity index (χ4v) is 5.50. The van der Waals surface area contributed by atoms with Crippen LogP contribution in [0.3, 0.4) is 0 Å². The van der Waals surface area contributed by atoms with Gasteiger partial charge in [0, 0.05) is 17.2 Å². The van der Waals surface area contributed by atoms with E-state index in [1.165, 1.54) is 10.4 Å². The molecule has 122 valence electrons. The Bertz CT molecular complexity index is 803. The molecule has 1 aliphatic carbocycles. The van der Waals surface area contributed by atoms with Crippen LogP contribution < -0.4 is 5.56 Å². The van der Waals surface area contributed by atoms with E-state index < -0.39 is 0 Å². The molecular weight excluding hydrogens is 328 g/mol. The van der Waals surface area contributed by atoms with Gasteiger partial charge in [0.05, 0.1) is 18.0 Å². The molecule has 0 amide bonds. The SMILES string of the molecule is C=CCSc1nc2sc3c(c2c(=O)n1C[C@@H]1CCCO1)CCC3. The molecule has 1 fully saturated rings. The maximum Gasteiger partial charge on any atom is 0.263 e. The summed E-state index contributed by atoms with van der Waals surface area (Å²) < 4.78 is 7.59. The molecule has 0 radical (unpaired) electrons. The summed E-state index contributed by atoms with van der Waals surface area (Å²) in [5.41, 5.74) is 1.38. The highest BCUT2D eigenvalue weighted by atomic mass is 32.2. The van der Waals surface area contributed by atoms with E-state index in [9.17, 15) is 4.79 Å². The number of aryl methyl sites for hydroxylation is 2. The fourth-order valence-electron chi connectivity index (χ4n) is 3.45. The zero-order chi connectivity index (χ0) is 15.8. The first kappa shape index (κ1) is 15.4. The molecule has 0 bridgehead atoms. The molecule has 2 aromatic heterocycles. The maximum atomic E-state index is 13.2. The van der Waals surface area contributed by atoms with Gasteiger partial charge in [-0.05, 0) is 37.7 Å². The molecule has 1 aliphatic heterocycles. The lowest BCUT2D eigenvalue weighted by Crippen LogP contribution is -2.28. The van der Waals surface area contributed by atoms with Gasteiger partial charge >= 0.3 is 0 Å². The highest BCUT2D eigenvalue weighted by Crippen LogP contribution is 2.35. The van der Waals surface area contributed by atoms with Gasteiger partial charge in [-0.25, -0.2) is 4.98 Å². The highest BCUT2D eigenvalue weighted by Gasteiger charge is 2.25. The number of hydrogen-bond acceptors (Lipinski definition) is 5. The second kappa shape index (κ2) is 6.42. The number of fused-ring (bicyclic) bond motifs is 3. The first-order valence-electron chi connectivity index (χ1n) is 8.18. The summed E-state index contributed by atoms with van der Waals surface area (Å²) in [7, 11) is 0. The molecule has 2 aliphatic rings. The normalized spacial score (nSPS) is 20.3. The van der Waals surface area contributed by atoms with Gasteiger partial charge in [-0.1, -0.05) is 17.8 Å². The molecular formula is C17H20N2O2S2. The molecule has 1 saturated heterocycles. The van der Waals surface area contributed by atoms with Crippen LogP contribution in [0.4, 0.5) is 0 Å². The van der Waals surface area contributed by atoms with Crippen molar-refractivity contribution >= 4 is 33.3 Å². The van der Waals surface area contributed by atoms with Crippen molar-refractivity contribution in [3.05, 3.63) is 33.4 Å². The van der Waals surface area contributed by atoms with E-state index in [2.05, 4.69) is 6.58 Å². The van der Waals surface area contributed by atoms with Gasteiger partial charge in [0.25, 0.3) is 5.56 Å². The minimum atomic E-state index is 0.122. The monoisotopic (exact) mass is 348 g/mol. The van der Waals surface area contributed by atoms with Crippen LogP contribution >= 0.6 is 23.1 Å². The van der Waals surface area contributed by atoms with Crippen LogP contribution in [0, 0.1) is 0 Å². The lowest BCUT2D eigenvalue weighted by atomic mass is 10.2. The van der Waals surface area contributed by atoms with Gasteiger partial charge in [0.1, 0.15) is 4.83 Å². The summed E-state index contributed by atoms with van der Waals surface area (Å²) in [4.78, 5) is 20.2. The van der Waals surface area contributed by atoms with E-state index in [4.69, 9.17) is 9.72 Å². The molecule has 2 aromatic rings. The summed E-state index contributed by atoms with van der Waals surface area (Å²) in [6.45, 7) is 5.20. The maximum absolute atomic E-state index is 13.2. The van der Waals surface area contributed by atoms with Crippen molar-refractivity contribution in [1.82, 2.24) is 9.55 Å². The van der Waals surface area contributed by atoms with Gasteiger partial charge in [-0.2, -0.15) is 0 Å². The number of rotatable bonds is 5. The predicted octanol–water partition coefficient (Wildman–Crippen LogP) is 3.40. The van der Waals surface area contributed by atoms with Crippen molar-refractivity contribution in [2.24, 2.45) is 0 Å². The van der Waals surface area contributed by atoms with Crippen LogP contribution in [-0.2, 0) is 24.1 Å². The topological polar surface area (TPSA) is 44.1 Å². The van der Waals surface area contributed by atoms with Crippen molar-refractivity contribution < 1.29 is 4.74 Å². The van der Waals surface area contributed by atoms with Crippen molar-refractivity contribution in [3.8, 4) is 0 Å². The van der Waals surface area contributed by atoms with Crippen molar-refractivity contribution in [1.29, 1.82) is 0 Å². The van der Waals surface area contributed by atoms with Crippen LogP contribution in [0.25, 0.3) is 10.2 Å². The third kappa shape index (κ3) is 2.77. The summed E-state index contributed by atoms with van der Waals surface area (Å²) in [6, 6.07) is 0. The standard InChI is InChI=1S/C17H20N2O2S2/c1-2-9-22-17-18-15-14(12-6-3-7-13(12)23-15)16(20)19(17)10-11-5-4-8-21-11/h2,11H,1,3-10H2/t11-/m0/s1. The number of thiophene rings is 1. The van der Waals surface area contributed by atoms with Gasteiger partial charge in [-0.15, -0.1) is 17.9 Å². The molecule has 1 atom stereocenters. The molecule has 4 nitrogen and oxygen atoms in total. The van der Waals surface area contributed by atoms with E-state index in [-0.39, 0.29) is 11.7 Å². The molecule has 0 N–H and O–H groups in total. The number of ether oxygens (including phenoxy) is 1. The first-order valence-corrected chi connectivity index (χ1v) is 9.98. The number of nitrogens with zero attached hydrogens (tertiary/aromatic N) is 2. The highest BCUT2D eigenvalue weighted by molar-refractivity contribution is 7.99. The fraction of sp³-hybridized carbons (Fsp3) is 0.529. The Morgan fingerprint density at radius 1 is 1.43 bits per heavy atom. The minimum Gasteiger partial charge on any atom is -0.376 e. The molecule has 3 heterocycles. The van der Waals surface area contributed by atoms with Gasteiger partial charge < -0.3 is 4.74 Å². The van der Waals surface area contributed by atoms with Crippen LogP contribution in [0.5, 0.6) is 0 Å². The summed E-state index contributed by atoms with van der Waals surface area (Å²) >= 11 is 3.29. The van der Waals surface area contributed by atoms with E-state index in [0.29, 0.717) is 6.54 Å². The van der Waals surface area contributed by atoms with Crippen molar-refractivity contribution in [2.45, 2.75) is 49.9 Å². The Labute approximate surface area is 143 Å². The minimum absolute atomic E-state index is 0.122. The van der Waals surface area contributed by atoms with E-state index in [1.807, 2.05) is 10.6 Å². The Morgan fingerprint density at radius 3 is 3.13 bits per heavy atom. The quantitative estimate of drug-likeness (QED) is 0.472. The second-order valence-electron chi connectivity index (χ2n) is 6.08. The lowest BCUT2D eigenvalue weighted by molar-refractivity contribution is 0.0937. The number of hydrogen-bond donors (Lipinski definition) is 0. The molecule has 0 unspecified atom stereocenters. The molecule has 0 saturated carbocycles. The van der Waals surface area contributed by atoms with Gasteiger partial charge in [-0.3, -0.25) is 9.36 Å². The van der Waals surface area contributed by atoms with E-state index >= 15 is 0 Å². The molecule has 6 heteroatoms. The van der Waals surface area contributed by atoms with Gasteiger partial charge in [0.15, 0.2) is 5.16 Å². The Balaban J connectivity index is 1.83. The third-order valence-electron chi connectivity index (χ3n) is 4.53. The Kier molecular flexibility index (Phi) is 4.30. The molecule has 4 rings (SSSR count). The smallest absolute Gasteiger partial charge is 0.263 e. The Hall–Kier alpha value is -1.11. The van der Waals surface area contributed by atoms with Crippen LogP contribution in [0.15, 0.2) is 22.6 Å². The van der Waals surface area contributed by atoms with Crippen molar-refractivity contribution in [3.63, 3.8) is 0 Å². The van der Waals surface area contributed by atoms with Crippen LogP contribution in [0.2, 0.25) is 0 Å². The average molecular weight is 348 g/mol. The largest absolute Gasteiger partial charge is 0.376 e. The summed E-state index contributed by atoms with van der Waals surface area (Å²) in [5, 5.41) is 1.67. The second-order valence-corrected chi connectivity index (χ2v) is 8.15. The van der Waals surface area contributed by atoms with E-state index in [1.54, 1.807) is 23.1 Å². The van der Waals surface area contributed by atoms with Crippen molar-refractivity contribution in [2.75, 3.05) is 12.4 Å². The molecule has 0 aromatic carbocycles. The molecule has 23 heavy (non-hydrogen) atoms. The Morgan fingerprint density at radius 2 is 2.35 bits per heavy atom.